The Kier molecular flexibility index (Phi) is 5.37. The summed E-state index contributed by atoms with van der Waals surface area (Å²) in [7, 11) is 2.22. The summed E-state index contributed by atoms with van der Waals surface area (Å²) in [4.78, 5) is 7.17. The Morgan fingerprint density at radius 2 is 2.16 bits per heavy atom. The molecule has 19 heavy (non-hydrogen) atoms. The highest BCUT2D eigenvalue weighted by Gasteiger charge is 2.30. The van der Waals surface area contributed by atoms with Crippen molar-refractivity contribution >= 4 is 11.3 Å². The molecule has 0 bridgehead atoms. The number of aromatic nitrogens is 1. The minimum Gasteiger partial charge on any atom is -0.310 e. The standard InChI is InChI=1S/C15H27N3S/c1-11(2)7-16-8-15-17-14(10-19-15)9-18(4)12(3)13-5-6-13/h10-13,16H,5-9H2,1-4H3. The van der Waals surface area contributed by atoms with Gasteiger partial charge in [-0.2, -0.15) is 0 Å². The molecular weight excluding hydrogens is 254 g/mol. The normalized spacial score (nSPS) is 17.4. The van der Waals surface area contributed by atoms with Crippen molar-refractivity contribution < 1.29 is 0 Å². The van der Waals surface area contributed by atoms with Crippen molar-refractivity contribution in [3.63, 3.8) is 0 Å². The van der Waals surface area contributed by atoms with Gasteiger partial charge >= 0.3 is 0 Å². The second kappa shape index (κ2) is 6.82. The predicted octanol–water partition coefficient (Wildman–Crippen LogP) is 3.12. The SMILES string of the molecule is CC(C)CNCc1nc(CN(C)C(C)C2CC2)cs1. The number of hydrogen-bond donors (Lipinski definition) is 1. The Morgan fingerprint density at radius 3 is 2.79 bits per heavy atom. The third kappa shape index (κ3) is 4.86. The monoisotopic (exact) mass is 281 g/mol. The summed E-state index contributed by atoms with van der Waals surface area (Å²) in [6.45, 7) is 9.76. The second-order valence-electron chi connectivity index (χ2n) is 6.25. The number of nitrogens with zero attached hydrogens (tertiary/aromatic N) is 2. The largest absolute Gasteiger partial charge is 0.310 e. The lowest BCUT2D eigenvalue weighted by Crippen LogP contribution is -2.30. The Hall–Kier alpha value is -0.450. The Labute approximate surface area is 121 Å². The molecule has 4 heteroatoms. The van der Waals surface area contributed by atoms with Gasteiger partial charge in [-0.05, 0) is 45.2 Å². The van der Waals surface area contributed by atoms with Crippen LogP contribution >= 0.6 is 11.3 Å². The van der Waals surface area contributed by atoms with Gasteiger partial charge in [0.05, 0.1) is 5.69 Å². The zero-order valence-corrected chi connectivity index (χ0v) is 13.5. The number of nitrogens with one attached hydrogen (secondary N) is 1. The van der Waals surface area contributed by atoms with Crippen LogP contribution in [0, 0.1) is 11.8 Å². The Bertz CT molecular complexity index is 384. The first-order valence-electron chi connectivity index (χ1n) is 7.40. The summed E-state index contributed by atoms with van der Waals surface area (Å²) in [5.74, 6) is 1.63. The van der Waals surface area contributed by atoms with Gasteiger partial charge in [0.1, 0.15) is 5.01 Å². The van der Waals surface area contributed by atoms with Crippen LogP contribution in [0.5, 0.6) is 0 Å². The van der Waals surface area contributed by atoms with Crippen LogP contribution in [0.2, 0.25) is 0 Å². The third-order valence-corrected chi connectivity index (χ3v) is 4.74. The molecule has 1 aromatic rings. The average Bonchev–Trinajstić information content (AvgIpc) is 3.11. The summed E-state index contributed by atoms with van der Waals surface area (Å²) >= 11 is 1.78. The van der Waals surface area contributed by atoms with Crippen molar-refractivity contribution in [3.8, 4) is 0 Å². The van der Waals surface area contributed by atoms with Crippen LogP contribution in [0.3, 0.4) is 0 Å². The van der Waals surface area contributed by atoms with E-state index in [1.807, 2.05) is 0 Å². The Balaban J connectivity index is 1.76. The molecule has 1 unspecified atom stereocenters. The number of rotatable bonds is 8. The second-order valence-corrected chi connectivity index (χ2v) is 7.19. The van der Waals surface area contributed by atoms with Crippen molar-refractivity contribution in [3.05, 3.63) is 16.1 Å². The lowest BCUT2D eigenvalue weighted by molar-refractivity contribution is 0.224. The van der Waals surface area contributed by atoms with Crippen molar-refractivity contribution in [2.75, 3.05) is 13.6 Å². The fraction of sp³-hybridized carbons (Fsp3) is 0.800. The molecule has 1 atom stereocenters. The number of thiazole rings is 1. The maximum atomic E-state index is 4.72. The highest BCUT2D eigenvalue weighted by atomic mass is 32.1. The van der Waals surface area contributed by atoms with Gasteiger partial charge in [-0.1, -0.05) is 13.8 Å². The zero-order valence-electron chi connectivity index (χ0n) is 12.6. The summed E-state index contributed by atoms with van der Waals surface area (Å²) in [5, 5.41) is 6.88. The van der Waals surface area contributed by atoms with E-state index >= 15 is 0 Å². The molecule has 1 aliphatic carbocycles. The first-order chi connectivity index (χ1) is 9.06. The fourth-order valence-electron chi connectivity index (χ4n) is 2.31. The van der Waals surface area contributed by atoms with Crippen molar-refractivity contribution in [2.45, 2.75) is 52.7 Å². The molecule has 2 rings (SSSR count). The fourth-order valence-corrected chi connectivity index (χ4v) is 3.06. The van der Waals surface area contributed by atoms with E-state index in [0.717, 1.165) is 25.6 Å². The van der Waals surface area contributed by atoms with Crippen LogP contribution in [0.25, 0.3) is 0 Å². The van der Waals surface area contributed by atoms with Crippen molar-refractivity contribution in [1.82, 2.24) is 15.2 Å². The van der Waals surface area contributed by atoms with Gasteiger partial charge in [-0.15, -0.1) is 11.3 Å². The highest BCUT2D eigenvalue weighted by Crippen LogP contribution is 2.35. The molecule has 1 aliphatic rings. The van der Waals surface area contributed by atoms with Crippen molar-refractivity contribution in [2.24, 2.45) is 11.8 Å². The summed E-state index contributed by atoms with van der Waals surface area (Å²) in [6, 6.07) is 0.698. The van der Waals surface area contributed by atoms with Crippen LogP contribution in [0.15, 0.2) is 5.38 Å². The van der Waals surface area contributed by atoms with Gasteiger partial charge in [-0.3, -0.25) is 4.90 Å². The lowest BCUT2D eigenvalue weighted by atomic mass is 10.2. The van der Waals surface area contributed by atoms with E-state index in [1.165, 1.54) is 23.5 Å². The van der Waals surface area contributed by atoms with E-state index < -0.39 is 0 Å². The van der Waals surface area contributed by atoms with Crippen LogP contribution < -0.4 is 5.32 Å². The lowest BCUT2D eigenvalue weighted by Gasteiger charge is -2.23. The average molecular weight is 281 g/mol. The summed E-state index contributed by atoms with van der Waals surface area (Å²) < 4.78 is 0. The van der Waals surface area contributed by atoms with Crippen LogP contribution in [0.1, 0.15) is 44.3 Å². The molecule has 3 nitrogen and oxygen atoms in total. The van der Waals surface area contributed by atoms with Crippen molar-refractivity contribution in [1.29, 1.82) is 0 Å². The highest BCUT2D eigenvalue weighted by molar-refractivity contribution is 7.09. The molecule has 0 aromatic carbocycles. The van der Waals surface area contributed by atoms with Gasteiger partial charge < -0.3 is 5.32 Å². The molecule has 0 amide bonds. The summed E-state index contributed by atoms with van der Waals surface area (Å²) in [6.07, 6.45) is 2.82. The molecular formula is C15H27N3S. The molecule has 0 spiro atoms. The molecule has 0 radical (unpaired) electrons. The molecule has 108 valence electrons. The predicted molar refractivity (Wildman–Crippen MR) is 82.3 cm³/mol. The minimum absolute atomic E-state index is 0.698. The topological polar surface area (TPSA) is 28.2 Å². The smallest absolute Gasteiger partial charge is 0.107 e. The molecule has 1 N–H and O–H groups in total. The first kappa shape index (κ1) is 14.9. The zero-order chi connectivity index (χ0) is 13.8. The van der Waals surface area contributed by atoms with E-state index in [9.17, 15) is 0 Å². The van der Waals surface area contributed by atoms with Gasteiger partial charge in [-0.25, -0.2) is 4.98 Å². The quantitative estimate of drug-likeness (QED) is 0.793. The molecule has 1 saturated carbocycles. The van der Waals surface area contributed by atoms with Gasteiger partial charge in [0, 0.05) is 24.5 Å². The molecule has 0 saturated heterocycles. The molecule has 1 fully saturated rings. The maximum absolute atomic E-state index is 4.72. The van der Waals surface area contributed by atoms with Gasteiger partial charge in [0.2, 0.25) is 0 Å². The molecule has 1 heterocycles. The van der Waals surface area contributed by atoms with E-state index in [2.05, 4.69) is 43.4 Å². The van der Waals surface area contributed by atoms with Crippen LogP contribution in [0.4, 0.5) is 0 Å². The van der Waals surface area contributed by atoms with E-state index in [-0.39, 0.29) is 0 Å². The first-order valence-corrected chi connectivity index (χ1v) is 8.28. The van der Waals surface area contributed by atoms with Gasteiger partial charge in [0.15, 0.2) is 0 Å². The van der Waals surface area contributed by atoms with Gasteiger partial charge in [0.25, 0.3) is 0 Å². The van der Waals surface area contributed by atoms with Crippen LogP contribution in [-0.2, 0) is 13.1 Å². The van der Waals surface area contributed by atoms with E-state index in [0.29, 0.717) is 12.0 Å². The van der Waals surface area contributed by atoms with E-state index in [1.54, 1.807) is 11.3 Å². The number of hydrogen-bond acceptors (Lipinski definition) is 4. The molecule has 0 aliphatic heterocycles. The van der Waals surface area contributed by atoms with E-state index in [4.69, 9.17) is 4.98 Å². The van der Waals surface area contributed by atoms with Crippen LogP contribution in [-0.4, -0.2) is 29.5 Å². The summed E-state index contributed by atoms with van der Waals surface area (Å²) in [5.41, 5.74) is 1.22. The molecule has 1 aromatic heterocycles. The third-order valence-electron chi connectivity index (χ3n) is 3.84. The Morgan fingerprint density at radius 1 is 1.42 bits per heavy atom. The minimum atomic E-state index is 0.698. The maximum Gasteiger partial charge on any atom is 0.107 e.